The highest BCUT2D eigenvalue weighted by Gasteiger charge is 2.28. The van der Waals surface area contributed by atoms with Crippen LogP contribution < -0.4 is 20.7 Å². The zero-order chi connectivity index (χ0) is 28.5. The molecule has 0 saturated heterocycles. The summed E-state index contributed by atoms with van der Waals surface area (Å²) in [5.74, 6) is 0.185. The Balaban J connectivity index is 1.45. The summed E-state index contributed by atoms with van der Waals surface area (Å²) in [5, 5.41) is 10.1. The lowest BCUT2D eigenvalue weighted by atomic mass is 9.96. The predicted molar refractivity (Wildman–Crippen MR) is 169 cm³/mol. The van der Waals surface area contributed by atoms with E-state index in [9.17, 15) is 9.59 Å². The van der Waals surface area contributed by atoms with Crippen molar-refractivity contribution in [3.63, 3.8) is 0 Å². The number of thioether (sulfide) groups is 1. The number of hydrogen-bond acceptors (Lipinski definition) is 7. The van der Waals surface area contributed by atoms with Crippen LogP contribution in [-0.4, -0.2) is 36.5 Å². The number of nitrogens with one attached hydrogen (secondary N) is 3. The molecule has 4 rings (SSSR count). The lowest BCUT2D eigenvalue weighted by molar-refractivity contribution is -0.115. The van der Waals surface area contributed by atoms with Gasteiger partial charge in [0.15, 0.2) is 5.11 Å². The topological polar surface area (TPSA) is 88.7 Å². The highest BCUT2D eigenvalue weighted by molar-refractivity contribution is 8.00. The number of thiophene rings is 1. The molecule has 0 bridgehead atoms. The quantitative estimate of drug-likeness (QED) is 0.133. The number of methoxy groups -OCH3 is 2. The van der Waals surface area contributed by atoms with Crippen molar-refractivity contribution >= 4 is 68.7 Å². The molecule has 2 aromatic carbocycles. The number of amides is 1. The zero-order valence-electron chi connectivity index (χ0n) is 23.0. The molecular weight excluding hydrogens is 563 g/mol. The van der Waals surface area contributed by atoms with Gasteiger partial charge < -0.3 is 25.4 Å². The molecule has 0 spiro atoms. The number of anilines is 3. The Morgan fingerprint density at radius 1 is 1.00 bits per heavy atom. The number of thiocarbonyl (C=S) groups is 1. The van der Waals surface area contributed by atoms with Crippen LogP contribution in [0.15, 0.2) is 53.4 Å². The second-order valence-corrected chi connectivity index (χ2v) is 12.2. The van der Waals surface area contributed by atoms with Crippen molar-refractivity contribution in [1.29, 1.82) is 0 Å². The number of para-hydroxylation sites is 2. The van der Waals surface area contributed by atoms with E-state index in [1.54, 1.807) is 7.11 Å². The average molecular weight is 598 g/mol. The van der Waals surface area contributed by atoms with Gasteiger partial charge in [0.1, 0.15) is 10.8 Å². The first-order valence-electron chi connectivity index (χ1n) is 13.4. The average Bonchev–Trinajstić information content (AvgIpc) is 3.26. The first-order chi connectivity index (χ1) is 19.4. The molecule has 1 atom stereocenters. The number of rotatable bonds is 9. The van der Waals surface area contributed by atoms with Crippen LogP contribution in [0, 0.1) is 0 Å². The minimum atomic E-state index is -0.384. The Morgan fingerprint density at radius 3 is 2.52 bits per heavy atom. The largest absolute Gasteiger partial charge is 0.495 e. The zero-order valence-corrected chi connectivity index (χ0v) is 25.5. The summed E-state index contributed by atoms with van der Waals surface area (Å²) in [6, 6.07) is 15.3. The molecule has 1 amide bonds. The number of carbonyl (C=O) groups is 2. The number of carbonyl (C=O) groups excluding carboxylic acids is 2. The highest BCUT2D eigenvalue weighted by atomic mass is 32.2. The van der Waals surface area contributed by atoms with Gasteiger partial charge >= 0.3 is 5.97 Å². The fourth-order valence-corrected chi connectivity index (χ4v) is 7.21. The normalized spacial score (nSPS) is 13.7. The minimum absolute atomic E-state index is 0.126. The number of ether oxygens (including phenoxy) is 2. The van der Waals surface area contributed by atoms with Crippen LogP contribution in [0.1, 0.15) is 59.8 Å². The first kappa shape index (κ1) is 29.9. The van der Waals surface area contributed by atoms with E-state index in [-0.39, 0.29) is 17.1 Å². The molecule has 1 aliphatic rings. The van der Waals surface area contributed by atoms with Crippen molar-refractivity contribution in [3.05, 3.63) is 64.5 Å². The summed E-state index contributed by atoms with van der Waals surface area (Å²) >= 11 is 8.51. The van der Waals surface area contributed by atoms with E-state index in [1.807, 2.05) is 55.5 Å². The van der Waals surface area contributed by atoms with Crippen LogP contribution in [0.25, 0.3) is 0 Å². The Kier molecular flexibility index (Phi) is 10.9. The SMILES string of the molecule is CCC(Sc1cccc(NC(=S)Nc2ccccc2OC)c1)C(=O)Nc1sc2c(c1C(=O)OC)CCCCCC2. The Bertz CT molecular complexity index is 1360. The van der Waals surface area contributed by atoms with E-state index in [0.717, 1.165) is 53.9 Å². The third kappa shape index (κ3) is 7.56. The molecule has 3 aromatic rings. The number of hydrogen-bond donors (Lipinski definition) is 3. The fourth-order valence-electron chi connectivity index (χ4n) is 4.68. The van der Waals surface area contributed by atoms with Gasteiger partial charge in [-0.3, -0.25) is 4.79 Å². The van der Waals surface area contributed by atoms with Crippen LogP contribution in [0.5, 0.6) is 5.75 Å². The third-order valence-corrected chi connectivity index (χ3v) is 9.46. The lowest BCUT2D eigenvalue weighted by Gasteiger charge is -2.16. The lowest BCUT2D eigenvalue weighted by Crippen LogP contribution is -2.25. The second kappa shape index (κ2) is 14.5. The summed E-state index contributed by atoms with van der Waals surface area (Å²) in [5.41, 5.74) is 3.14. The Labute approximate surface area is 249 Å². The summed E-state index contributed by atoms with van der Waals surface area (Å²) in [4.78, 5) is 28.3. The van der Waals surface area contributed by atoms with Gasteiger partial charge in [-0.25, -0.2) is 4.79 Å². The van der Waals surface area contributed by atoms with Gasteiger partial charge in [0.25, 0.3) is 0 Å². The molecular formula is C30H35N3O4S3. The molecule has 0 saturated carbocycles. The first-order valence-corrected chi connectivity index (χ1v) is 15.5. The molecule has 212 valence electrons. The van der Waals surface area contributed by atoms with Crippen LogP contribution in [0.4, 0.5) is 16.4 Å². The van der Waals surface area contributed by atoms with Gasteiger partial charge in [0.2, 0.25) is 5.91 Å². The summed E-state index contributed by atoms with van der Waals surface area (Å²) in [6.07, 6.45) is 6.87. The van der Waals surface area contributed by atoms with E-state index in [2.05, 4.69) is 16.0 Å². The minimum Gasteiger partial charge on any atom is -0.495 e. The monoisotopic (exact) mass is 597 g/mol. The third-order valence-electron chi connectivity index (χ3n) is 6.69. The molecule has 1 aliphatic carbocycles. The van der Waals surface area contributed by atoms with Crippen LogP contribution in [0.3, 0.4) is 0 Å². The van der Waals surface area contributed by atoms with Crippen molar-refractivity contribution in [1.82, 2.24) is 0 Å². The predicted octanol–water partition coefficient (Wildman–Crippen LogP) is 7.52. The van der Waals surface area contributed by atoms with Gasteiger partial charge in [-0.2, -0.15) is 0 Å². The molecule has 0 aliphatic heterocycles. The molecule has 0 radical (unpaired) electrons. The van der Waals surface area contributed by atoms with Gasteiger partial charge in [-0.1, -0.05) is 38.0 Å². The van der Waals surface area contributed by atoms with Crippen LogP contribution in [0.2, 0.25) is 0 Å². The van der Waals surface area contributed by atoms with E-state index < -0.39 is 0 Å². The smallest absolute Gasteiger partial charge is 0.341 e. The molecule has 1 heterocycles. The maximum absolute atomic E-state index is 13.5. The van der Waals surface area contributed by atoms with Gasteiger partial charge in [-0.15, -0.1) is 23.1 Å². The van der Waals surface area contributed by atoms with E-state index in [4.69, 9.17) is 21.7 Å². The maximum Gasteiger partial charge on any atom is 0.341 e. The van der Waals surface area contributed by atoms with Crippen molar-refractivity contribution in [3.8, 4) is 5.75 Å². The summed E-state index contributed by atoms with van der Waals surface area (Å²) in [6.45, 7) is 1.99. The maximum atomic E-state index is 13.5. The number of esters is 1. The molecule has 1 aromatic heterocycles. The van der Waals surface area contributed by atoms with Crippen LogP contribution in [-0.2, 0) is 22.4 Å². The van der Waals surface area contributed by atoms with Crippen molar-refractivity contribution < 1.29 is 19.1 Å². The standard InChI is InChI=1S/C30H35N3O4S3/c1-4-24(27(34)33-28-26(29(35)37-3)21-14-7-5-6-8-17-25(21)40-28)39-20-13-11-12-19(18-20)31-30(38)32-22-15-9-10-16-23(22)36-2/h9-13,15-16,18,24H,4-8,14,17H2,1-3H3,(H,33,34)(H2,31,32,38). The van der Waals surface area contributed by atoms with E-state index >= 15 is 0 Å². The number of fused-ring (bicyclic) bond motifs is 1. The Morgan fingerprint density at radius 2 is 1.77 bits per heavy atom. The molecule has 40 heavy (non-hydrogen) atoms. The number of benzene rings is 2. The molecule has 3 N–H and O–H groups in total. The van der Waals surface area contributed by atoms with Gasteiger partial charge in [-0.05, 0) is 80.2 Å². The van der Waals surface area contributed by atoms with Crippen LogP contribution >= 0.6 is 35.3 Å². The van der Waals surface area contributed by atoms with Gasteiger partial charge in [0, 0.05) is 15.5 Å². The Hall–Kier alpha value is -3.08. The highest BCUT2D eigenvalue weighted by Crippen LogP contribution is 2.38. The summed E-state index contributed by atoms with van der Waals surface area (Å²) in [7, 11) is 3.01. The van der Waals surface area contributed by atoms with Crippen molar-refractivity contribution in [2.45, 2.75) is 62.0 Å². The molecule has 1 unspecified atom stereocenters. The fraction of sp³-hybridized carbons (Fsp3) is 0.367. The second-order valence-electron chi connectivity index (χ2n) is 9.42. The van der Waals surface area contributed by atoms with Gasteiger partial charge in [0.05, 0.1) is 30.7 Å². The number of aryl methyl sites for hydroxylation is 1. The molecule has 10 heteroatoms. The molecule has 0 fully saturated rings. The van der Waals surface area contributed by atoms with Crippen molar-refractivity contribution in [2.75, 3.05) is 30.2 Å². The van der Waals surface area contributed by atoms with Crippen molar-refractivity contribution in [2.24, 2.45) is 0 Å². The van der Waals surface area contributed by atoms with E-state index in [0.29, 0.717) is 27.8 Å². The molecule has 7 nitrogen and oxygen atoms in total. The van der Waals surface area contributed by atoms with E-state index in [1.165, 1.54) is 41.5 Å². The summed E-state index contributed by atoms with van der Waals surface area (Å²) < 4.78 is 10.5.